The van der Waals surface area contributed by atoms with Gasteiger partial charge in [0.05, 0.1) is 11.1 Å². The van der Waals surface area contributed by atoms with Crippen LogP contribution in [0.3, 0.4) is 0 Å². The van der Waals surface area contributed by atoms with Crippen LogP contribution in [0, 0.1) is 17.5 Å². The number of halogens is 6. The van der Waals surface area contributed by atoms with Gasteiger partial charge in [-0.15, -0.1) is 0 Å². The molecule has 158 valence electrons. The fraction of sp³-hybridized carbons (Fsp3) is 0.217. The molecule has 0 radical (unpaired) electrons. The summed E-state index contributed by atoms with van der Waals surface area (Å²) >= 11 is 0. The molecule has 0 fully saturated rings. The van der Waals surface area contributed by atoms with Gasteiger partial charge in [0.25, 0.3) is 0 Å². The van der Waals surface area contributed by atoms with Gasteiger partial charge in [-0.3, -0.25) is 0 Å². The molecule has 3 aromatic rings. The molecule has 1 nitrogen and oxygen atoms in total. The van der Waals surface area contributed by atoms with Crippen LogP contribution in [0.15, 0.2) is 48.5 Å². The second kappa shape index (κ2) is 8.42. The summed E-state index contributed by atoms with van der Waals surface area (Å²) in [4.78, 5) is 0. The van der Waals surface area contributed by atoms with E-state index >= 15 is 4.39 Å². The van der Waals surface area contributed by atoms with Gasteiger partial charge >= 0.3 is 6.18 Å². The van der Waals surface area contributed by atoms with Gasteiger partial charge in [0.1, 0.15) is 23.2 Å². The lowest BCUT2D eigenvalue weighted by Gasteiger charge is -2.13. The smallest absolute Gasteiger partial charge is 0.419 e. The zero-order chi connectivity index (χ0) is 22.1. The Balaban J connectivity index is 1.90. The number of benzene rings is 3. The third-order valence-corrected chi connectivity index (χ3v) is 4.95. The average Bonchev–Trinajstić information content (AvgIpc) is 2.67. The first-order valence-electron chi connectivity index (χ1n) is 9.26. The third-order valence-electron chi connectivity index (χ3n) is 4.95. The molecule has 30 heavy (non-hydrogen) atoms. The minimum absolute atomic E-state index is 0.0815. The predicted octanol–water partition coefficient (Wildman–Crippen LogP) is 6.84. The van der Waals surface area contributed by atoms with Crippen LogP contribution in [-0.2, 0) is 25.4 Å². The number of phenolic OH excluding ortho intramolecular Hbond substituents is 1. The zero-order valence-corrected chi connectivity index (χ0v) is 16.0. The molecule has 0 amide bonds. The van der Waals surface area contributed by atoms with E-state index in [9.17, 15) is 27.1 Å². The first-order chi connectivity index (χ1) is 14.1. The second-order valence-corrected chi connectivity index (χ2v) is 6.91. The molecule has 0 aliphatic carbocycles. The van der Waals surface area contributed by atoms with Crippen molar-refractivity contribution in [1.29, 1.82) is 0 Å². The van der Waals surface area contributed by atoms with Crippen LogP contribution in [0.1, 0.15) is 29.2 Å². The molecule has 0 saturated heterocycles. The normalized spacial score (nSPS) is 11.7. The molecule has 0 unspecified atom stereocenters. The van der Waals surface area contributed by atoms with Crippen molar-refractivity contribution >= 4 is 0 Å². The number of hydrogen-bond donors (Lipinski definition) is 1. The highest BCUT2D eigenvalue weighted by atomic mass is 19.4. The predicted molar refractivity (Wildman–Crippen MR) is 102 cm³/mol. The van der Waals surface area contributed by atoms with Gasteiger partial charge in [-0.25, -0.2) is 13.2 Å². The fourth-order valence-electron chi connectivity index (χ4n) is 3.27. The highest BCUT2D eigenvalue weighted by Crippen LogP contribution is 2.36. The van der Waals surface area contributed by atoms with Crippen molar-refractivity contribution < 1.29 is 31.4 Å². The molecule has 0 saturated carbocycles. The van der Waals surface area contributed by atoms with Crippen molar-refractivity contribution in [2.24, 2.45) is 0 Å². The Bertz CT molecular complexity index is 1050. The van der Waals surface area contributed by atoms with Crippen molar-refractivity contribution in [3.05, 3.63) is 88.2 Å². The first kappa shape index (κ1) is 21.7. The lowest BCUT2D eigenvalue weighted by atomic mass is 9.95. The number of alkyl halides is 3. The van der Waals surface area contributed by atoms with Crippen LogP contribution >= 0.6 is 0 Å². The Kier molecular flexibility index (Phi) is 6.10. The van der Waals surface area contributed by atoms with E-state index in [1.165, 1.54) is 0 Å². The maximum atomic E-state index is 15.0. The van der Waals surface area contributed by atoms with E-state index in [4.69, 9.17) is 0 Å². The van der Waals surface area contributed by atoms with Gasteiger partial charge in [0.15, 0.2) is 0 Å². The summed E-state index contributed by atoms with van der Waals surface area (Å²) < 4.78 is 81.1. The molecular formula is C23H18F6O. The van der Waals surface area contributed by atoms with Crippen LogP contribution < -0.4 is 0 Å². The monoisotopic (exact) mass is 424 g/mol. The molecule has 0 bridgehead atoms. The minimum atomic E-state index is -4.82. The molecular weight excluding hydrogens is 406 g/mol. The quantitative estimate of drug-likeness (QED) is 0.445. The van der Waals surface area contributed by atoms with Crippen LogP contribution in [0.2, 0.25) is 0 Å². The lowest BCUT2D eigenvalue weighted by molar-refractivity contribution is -0.140. The van der Waals surface area contributed by atoms with E-state index in [-0.39, 0.29) is 29.5 Å². The maximum Gasteiger partial charge on any atom is 0.419 e. The Hall–Kier alpha value is -2.96. The summed E-state index contributed by atoms with van der Waals surface area (Å²) in [6.07, 6.45) is -4.35. The summed E-state index contributed by atoms with van der Waals surface area (Å²) in [7, 11) is 0. The van der Waals surface area contributed by atoms with Crippen molar-refractivity contribution in [1.82, 2.24) is 0 Å². The molecule has 0 aliphatic heterocycles. The number of aryl methyl sites for hydroxylation is 2. The zero-order valence-electron chi connectivity index (χ0n) is 16.0. The van der Waals surface area contributed by atoms with Crippen molar-refractivity contribution in [3.63, 3.8) is 0 Å². The standard InChI is InChI=1S/C23H18F6O/c1-2-13-3-7-15(8-4-13)21-20(30)12-18(24)16(22(21)26)9-5-14-6-10-17(19(25)11-14)23(27,28)29/h3-4,6-8,10-12,30H,2,5,9H2,1H3. The van der Waals surface area contributed by atoms with Crippen molar-refractivity contribution in [2.45, 2.75) is 32.4 Å². The maximum absolute atomic E-state index is 15.0. The summed E-state index contributed by atoms with van der Waals surface area (Å²) in [5.41, 5.74) is -0.350. The van der Waals surface area contributed by atoms with Crippen LogP contribution in [0.25, 0.3) is 11.1 Å². The van der Waals surface area contributed by atoms with Gasteiger partial charge in [0, 0.05) is 11.6 Å². The summed E-state index contributed by atoms with van der Waals surface area (Å²) in [5, 5.41) is 10.1. The number of hydrogen-bond acceptors (Lipinski definition) is 1. The molecule has 3 aromatic carbocycles. The van der Waals surface area contributed by atoms with Gasteiger partial charge in [-0.2, -0.15) is 13.2 Å². The highest BCUT2D eigenvalue weighted by molar-refractivity contribution is 5.72. The third kappa shape index (κ3) is 4.45. The first-order valence-corrected chi connectivity index (χ1v) is 9.26. The molecule has 0 atom stereocenters. The minimum Gasteiger partial charge on any atom is -0.507 e. The van der Waals surface area contributed by atoms with Gasteiger partial charge in [-0.05, 0) is 48.1 Å². The molecule has 1 N–H and O–H groups in total. The van der Waals surface area contributed by atoms with Crippen molar-refractivity contribution in [2.75, 3.05) is 0 Å². The Morgan fingerprint density at radius 2 is 1.43 bits per heavy atom. The molecule has 7 heteroatoms. The summed E-state index contributed by atoms with van der Waals surface area (Å²) in [6, 6.07) is 9.96. The largest absolute Gasteiger partial charge is 0.507 e. The van der Waals surface area contributed by atoms with E-state index in [1.54, 1.807) is 24.3 Å². The summed E-state index contributed by atoms with van der Waals surface area (Å²) in [5.74, 6) is -3.93. The van der Waals surface area contributed by atoms with Crippen molar-refractivity contribution in [3.8, 4) is 16.9 Å². The Morgan fingerprint density at radius 3 is 2.00 bits per heavy atom. The second-order valence-electron chi connectivity index (χ2n) is 6.91. The SMILES string of the molecule is CCc1ccc(-c2c(O)cc(F)c(CCc3ccc(C(F)(F)F)c(F)c3)c2F)cc1. The molecule has 0 spiro atoms. The lowest BCUT2D eigenvalue weighted by Crippen LogP contribution is -2.08. The number of phenols is 1. The Labute approximate surface area is 169 Å². The van der Waals surface area contributed by atoms with Gasteiger partial charge in [0.2, 0.25) is 0 Å². The van der Waals surface area contributed by atoms with Crippen LogP contribution in [0.4, 0.5) is 26.3 Å². The molecule has 0 aliphatic rings. The average molecular weight is 424 g/mol. The van der Waals surface area contributed by atoms with Gasteiger partial charge in [-0.1, -0.05) is 37.3 Å². The molecule has 0 aromatic heterocycles. The van der Waals surface area contributed by atoms with E-state index in [0.717, 1.165) is 24.1 Å². The van der Waals surface area contributed by atoms with E-state index < -0.39 is 34.9 Å². The summed E-state index contributed by atoms with van der Waals surface area (Å²) in [6.45, 7) is 1.95. The van der Waals surface area contributed by atoms with Gasteiger partial charge < -0.3 is 5.11 Å². The fourth-order valence-corrected chi connectivity index (χ4v) is 3.27. The van der Waals surface area contributed by atoms with E-state index in [0.29, 0.717) is 17.7 Å². The highest BCUT2D eigenvalue weighted by Gasteiger charge is 2.33. The van der Waals surface area contributed by atoms with Crippen LogP contribution in [-0.4, -0.2) is 5.11 Å². The number of rotatable bonds is 5. The molecule has 0 heterocycles. The van der Waals surface area contributed by atoms with E-state index in [1.807, 2.05) is 6.92 Å². The topological polar surface area (TPSA) is 20.2 Å². The Morgan fingerprint density at radius 1 is 0.800 bits per heavy atom. The molecule has 3 rings (SSSR count). The van der Waals surface area contributed by atoms with E-state index in [2.05, 4.69) is 0 Å². The van der Waals surface area contributed by atoms with Crippen LogP contribution in [0.5, 0.6) is 5.75 Å². The number of aromatic hydroxyl groups is 1.